The fraction of sp³-hybridized carbons (Fsp3) is 0.133. The maximum atomic E-state index is 9.34. The predicted octanol–water partition coefficient (Wildman–Crippen LogP) is 4.98. The molecule has 0 aliphatic carbocycles. The lowest BCUT2D eigenvalue weighted by Gasteiger charge is -2.16. The summed E-state index contributed by atoms with van der Waals surface area (Å²) in [5, 5.41) is 13.7. The Kier molecular flexibility index (Phi) is 4.31. The fourth-order valence-electron chi connectivity index (χ4n) is 1.88. The first-order valence-corrected chi connectivity index (χ1v) is 6.54. The lowest BCUT2D eigenvalue weighted by atomic mass is 10.0. The molecular weight excluding hydrogens is 279 g/mol. The molecule has 1 unspecified atom stereocenters. The summed E-state index contributed by atoms with van der Waals surface area (Å²) in [6.07, 6.45) is 0. The summed E-state index contributed by atoms with van der Waals surface area (Å²) in [4.78, 5) is 0. The van der Waals surface area contributed by atoms with Crippen molar-refractivity contribution in [3.05, 3.63) is 63.6 Å². The number of benzene rings is 2. The van der Waals surface area contributed by atoms with Gasteiger partial charge in [0, 0.05) is 5.02 Å². The van der Waals surface area contributed by atoms with Crippen LogP contribution in [0.15, 0.2) is 42.5 Å². The van der Waals surface area contributed by atoms with E-state index in [2.05, 4.69) is 11.4 Å². The quantitative estimate of drug-likeness (QED) is 0.865. The molecule has 0 amide bonds. The van der Waals surface area contributed by atoms with Gasteiger partial charge in [-0.2, -0.15) is 5.26 Å². The monoisotopic (exact) mass is 290 g/mol. The molecule has 4 heteroatoms. The van der Waals surface area contributed by atoms with Crippen LogP contribution in [0.3, 0.4) is 0 Å². The van der Waals surface area contributed by atoms with Gasteiger partial charge in [-0.1, -0.05) is 41.4 Å². The van der Waals surface area contributed by atoms with Crippen LogP contribution in [0, 0.1) is 18.3 Å². The molecule has 0 bridgehead atoms. The smallest absolute Gasteiger partial charge is 0.140 e. The molecule has 2 rings (SSSR count). The number of halogens is 2. The van der Waals surface area contributed by atoms with Crippen LogP contribution >= 0.6 is 23.2 Å². The van der Waals surface area contributed by atoms with Crippen molar-refractivity contribution in [3.8, 4) is 6.07 Å². The lowest BCUT2D eigenvalue weighted by Crippen LogP contribution is -2.10. The van der Waals surface area contributed by atoms with Crippen LogP contribution in [0.4, 0.5) is 5.69 Å². The molecule has 96 valence electrons. The first-order valence-electron chi connectivity index (χ1n) is 5.78. The second-order valence-corrected chi connectivity index (χ2v) is 5.03. The number of rotatable bonds is 3. The van der Waals surface area contributed by atoms with Crippen molar-refractivity contribution >= 4 is 28.9 Å². The highest BCUT2D eigenvalue weighted by atomic mass is 35.5. The summed E-state index contributed by atoms with van der Waals surface area (Å²) >= 11 is 12.0. The molecule has 0 saturated carbocycles. The highest BCUT2D eigenvalue weighted by molar-refractivity contribution is 6.33. The molecule has 0 aromatic heterocycles. The molecule has 0 aliphatic rings. The van der Waals surface area contributed by atoms with E-state index in [4.69, 9.17) is 23.2 Å². The van der Waals surface area contributed by atoms with E-state index >= 15 is 0 Å². The number of nitrogens with one attached hydrogen (secondary N) is 1. The van der Waals surface area contributed by atoms with Gasteiger partial charge >= 0.3 is 0 Å². The number of hydrogen-bond acceptors (Lipinski definition) is 2. The van der Waals surface area contributed by atoms with E-state index in [1.54, 1.807) is 12.1 Å². The number of para-hydroxylation sites is 1. The van der Waals surface area contributed by atoms with E-state index in [0.29, 0.717) is 10.0 Å². The molecule has 2 aromatic rings. The van der Waals surface area contributed by atoms with E-state index in [1.165, 1.54) is 0 Å². The summed E-state index contributed by atoms with van der Waals surface area (Å²) in [6, 6.07) is 14.6. The molecule has 1 N–H and O–H groups in total. The third kappa shape index (κ3) is 3.20. The average Bonchev–Trinajstić information content (AvgIpc) is 2.39. The van der Waals surface area contributed by atoms with Gasteiger partial charge < -0.3 is 5.32 Å². The van der Waals surface area contributed by atoms with Crippen LogP contribution in [0.1, 0.15) is 17.2 Å². The summed E-state index contributed by atoms with van der Waals surface area (Å²) in [6.45, 7) is 1.93. The highest BCUT2D eigenvalue weighted by Gasteiger charge is 2.14. The van der Waals surface area contributed by atoms with Crippen molar-refractivity contribution in [2.24, 2.45) is 0 Å². The molecule has 0 fully saturated rings. The van der Waals surface area contributed by atoms with Crippen molar-refractivity contribution in [1.82, 2.24) is 0 Å². The number of aryl methyl sites for hydroxylation is 1. The van der Waals surface area contributed by atoms with Gasteiger partial charge in [0.15, 0.2) is 0 Å². The summed E-state index contributed by atoms with van der Waals surface area (Å²) in [5.74, 6) is 0. The van der Waals surface area contributed by atoms with E-state index in [9.17, 15) is 5.26 Å². The second-order valence-electron chi connectivity index (χ2n) is 4.19. The fourth-order valence-corrected chi connectivity index (χ4v) is 2.29. The Bertz CT molecular complexity index is 632. The maximum absolute atomic E-state index is 9.34. The van der Waals surface area contributed by atoms with Crippen LogP contribution in [0.25, 0.3) is 0 Å². The van der Waals surface area contributed by atoms with Crippen LogP contribution in [0.5, 0.6) is 0 Å². The van der Waals surface area contributed by atoms with Crippen molar-refractivity contribution in [3.63, 3.8) is 0 Å². The molecule has 0 spiro atoms. The minimum absolute atomic E-state index is 0.461. The second kappa shape index (κ2) is 5.97. The first kappa shape index (κ1) is 13.7. The van der Waals surface area contributed by atoms with Crippen LogP contribution in [-0.4, -0.2) is 0 Å². The molecule has 2 aromatic carbocycles. The normalized spacial score (nSPS) is 11.7. The minimum Gasteiger partial charge on any atom is -0.365 e. The number of anilines is 1. The molecule has 2 nitrogen and oxygen atoms in total. The van der Waals surface area contributed by atoms with Gasteiger partial charge in [-0.05, 0) is 42.3 Å². The summed E-state index contributed by atoms with van der Waals surface area (Å²) in [5.41, 5.74) is 2.61. The standard InChI is InChI=1S/C15H12Cl2N2/c1-10-8-11(16)6-7-12(10)15(9-18)19-14-5-3-2-4-13(14)17/h2-8,15,19H,1H3. The molecule has 0 aliphatic heterocycles. The zero-order valence-electron chi connectivity index (χ0n) is 10.3. The van der Waals surface area contributed by atoms with Gasteiger partial charge in [0.1, 0.15) is 6.04 Å². The van der Waals surface area contributed by atoms with Gasteiger partial charge in [0.25, 0.3) is 0 Å². The van der Waals surface area contributed by atoms with Crippen LogP contribution < -0.4 is 5.32 Å². The highest BCUT2D eigenvalue weighted by Crippen LogP contribution is 2.28. The summed E-state index contributed by atoms with van der Waals surface area (Å²) in [7, 11) is 0. The maximum Gasteiger partial charge on any atom is 0.140 e. The first-order chi connectivity index (χ1) is 9.11. The van der Waals surface area contributed by atoms with E-state index in [1.807, 2.05) is 37.3 Å². The van der Waals surface area contributed by atoms with Gasteiger partial charge in [0.05, 0.1) is 16.8 Å². The van der Waals surface area contributed by atoms with Gasteiger partial charge in [-0.25, -0.2) is 0 Å². The molecule has 0 heterocycles. The SMILES string of the molecule is Cc1cc(Cl)ccc1C(C#N)Nc1ccccc1Cl. The molecule has 0 saturated heterocycles. The minimum atomic E-state index is -0.461. The van der Waals surface area contributed by atoms with Gasteiger partial charge in [-0.15, -0.1) is 0 Å². The topological polar surface area (TPSA) is 35.8 Å². The van der Waals surface area contributed by atoms with E-state index in [0.717, 1.165) is 16.8 Å². The Labute approximate surface area is 122 Å². The summed E-state index contributed by atoms with van der Waals surface area (Å²) < 4.78 is 0. The van der Waals surface area contributed by atoms with Crippen LogP contribution in [0.2, 0.25) is 10.0 Å². The van der Waals surface area contributed by atoms with Gasteiger partial charge in [0.2, 0.25) is 0 Å². The molecule has 0 radical (unpaired) electrons. The predicted molar refractivity (Wildman–Crippen MR) is 79.6 cm³/mol. The Morgan fingerprint density at radius 2 is 1.89 bits per heavy atom. The largest absolute Gasteiger partial charge is 0.365 e. The molecular formula is C15H12Cl2N2. The Morgan fingerprint density at radius 3 is 2.53 bits per heavy atom. The van der Waals surface area contributed by atoms with Gasteiger partial charge in [-0.3, -0.25) is 0 Å². The Morgan fingerprint density at radius 1 is 1.16 bits per heavy atom. The zero-order chi connectivity index (χ0) is 13.8. The third-order valence-corrected chi connectivity index (χ3v) is 3.41. The molecule has 1 atom stereocenters. The zero-order valence-corrected chi connectivity index (χ0v) is 11.8. The van der Waals surface area contributed by atoms with Crippen LogP contribution in [-0.2, 0) is 0 Å². The Hall–Kier alpha value is -1.69. The third-order valence-electron chi connectivity index (χ3n) is 2.85. The number of nitrogens with zero attached hydrogens (tertiary/aromatic N) is 1. The van der Waals surface area contributed by atoms with Crippen molar-refractivity contribution in [2.75, 3.05) is 5.32 Å². The van der Waals surface area contributed by atoms with Crippen molar-refractivity contribution < 1.29 is 0 Å². The Balaban J connectivity index is 2.31. The van der Waals surface area contributed by atoms with Crippen molar-refractivity contribution in [1.29, 1.82) is 5.26 Å². The van der Waals surface area contributed by atoms with E-state index < -0.39 is 6.04 Å². The lowest BCUT2D eigenvalue weighted by molar-refractivity contribution is 0.982. The van der Waals surface area contributed by atoms with Crippen molar-refractivity contribution in [2.45, 2.75) is 13.0 Å². The number of nitriles is 1. The van der Waals surface area contributed by atoms with E-state index in [-0.39, 0.29) is 0 Å². The molecule has 19 heavy (non-hydrogen) atoms. The average molecular weight is 291 g/mol. The number of hydrogen-bond donors (Lipinski definition) is 1.